The van der Waals surface area contributed by atoms with Gasteiger partial charge in [-0.2, -0.15) is 10.5 Å². The van der Waals surface area contributed by atoms with Gasteiger partial charge in [0.05, 0.1) is 62.5 Å². The van der Waals surface area contributed by atoms with Gasteiger partial charge in [0.25, 0.3) is 0 Å². The molecular formula is C49H26N6OS. The molecule has 12 rings (SSSR count). The molecule has 0 unspecified atom stereocenters. The monoisotopic (exact) mass is 746 g/mol. The Balaban J connectivity index is 1.08. The Morgan fingerprint density at radius 3 is 1.96 bits per heavy atom. The number of fused-ring (bicyclic) bond motifs is 14. The average molecular weight is 747 g/mol. The van der Waals surface area contributed by atoms with Crippen LogP contribution in [0, 0.1) is 22.7 Å². The van der Waals surface area contributed by atoms with Crippen molar-refractivity contribution in [2.24, 2.45) is 0 Å². The van der Waals surface area contributed by atoms with E-state index in [0.717, 1.165) is 99.5 Å². The van der Waals surface area contributed by atoms with Crippen molar-refractivity contribution < 1.29 is 4.74 Å². The fraction of sp³-hybridized carbons (Fsp3) is 0.0204. The molecule has 0 radical (unpaired) electrons. The van der Waals surface area contributed by atoms with Crippen LogP contribution in [0.2, 0.25) is 0 Å². The van der Waals surface area contributed by atoms with Crippen molar-refractivity contribution in [3.63, 3.8) is 0 Å². The lowest BCUT2D eigenvalue weighted by molar-refractivity contribution is 0.436. The molecule has 8 heteroatoms. The van der Waals surface area contributed by atoms with E-state index in [1.807, 2.05) is 79.1 Å². The van der Waals surface area contributed by atoms with Gasteiger partial charge in [0.1, 0.15) is 11.5 Å². The van der Waals surface area contributed by atoms with Gasteiger partial charge in [0.15, 0.2) is 0 Å². The minimum absolute atomic E-state index is 0.592. The van der Waals surface area contributed by atoms with E-state index in [2.05, 4.69) is 100 Å². The van der Waals surface area contributed by atoms with Crippen LogP contribution in [0.4, 0.5) is 17.1 Å². The molecule has 0 atom stereocenters. The zero-order valence-corrected chi connectivity index (χ0v) is 30.8. The zero-order chi connectivity index (χ0) is 37.8. The Morgan fingerprint density at radius 1 is 0.526 bits per heavy atom. The molecule has 0 amide bonds. The first kappa shape index (κ1) is 31.7. The predicted molar refractivity (Wildman–Crippen MR) is 222 cm³/mol. The molecule has 7 nitrogen and oxygen atoms in total. The summed E-state index contributed by atoms with van der Waals surface area (Å²) >= 11 is 1.68. The molecule has 0 N–H and O–H groups in total. The molecule has 57 heavy (non-hydrogen) atoms. The maximum atomic E-state index is 10.0. The first-order valence-corrected chi connectivity index (χ1v) is 19.4. The van der Waals surface area contributed by atoms with Gasteiger partial charge in [-0.25, -0.2) is 0 Å². The lowest BCUT2D eigenvalue weighted by Gasteiger charge is -2.39. The van der Waals surface area contributed by atoms with Gasteiger partial charge in [-0.15, -0.1) is 0 Å². The molecule has 1 spiro atoms. The topological polar surface area (TPSA) is 90.8 Å². The molecule has 264 valence electrons. The third kappa shape index (κ3) is 4.25. The number of nitriles is 2. The fourth-order valence-electron chi connectivity index (χ4n) is 9.29. The third-order valence-corrected chi connectivity index (χ3v) is 12.7. The van der Waals surface area contributed by atoms with E-state index in [-0.39, 0.29) is 0 Å². The van der Waals surface area contributed by atoms with Gasteiger partial charge in [0.2, 0.25) is 0 Å². The van der Waals surface area contributed by atoms with E-state index in [9.17, 15) is 10.5 Å². The second-order valence-electron chi connectivity index (χ2n) is 14.4. The lowest BCUT2D eigenvalue weighted by atomic mass is 9.66. The normalized spacial score (nSPS) is 13.8. The first-order chi connectivity index (χ1) is 28.1. The summed E-state index contributed by atoms with van der Waals surface area (Å²) in [5, 5.41) is 21.7. The number of para-hydroxylation sites is 2. The first-order valence-electron chi connectivity index (χ1n) is 18.6. The number of ether oxygens (including phenoxy) is 1. The van der Waals surface area contributed by atoms with Gasteiger partial charge in [-0.3, -0.25) is 9.97 Å². The van der Waals surface area contributed by atoms with E-state index in [0.29, 0.717) is 11.1 Å². The van der Waals surface area contributed by atoms with Crippen LogP contribution in [-0.2, 0) is 5.41 Å². The highest BCUT2D eigenvalue weighted by molar-refractivity contribution is 7.99. The molecule has 9 aromatic rings. The quantitative estimate of drug-likeness (QED) is 0.174. The molecule has 1 aliphatic carbocycles. The molecule has 6 aromatic carbocycles. The zero-order valence-electron chi connectivity index (χ0n) is 30.0. The van der Waals surface area contributed by atoms with Gasteiger partial charge >= 0.3 is 0 Å². The van der Waals surface area contributed by atoms with Gasteiger partial charge < -0.3 is 14.2 Å². The summed E-state index contributed by atoms with van der Waals surface area (Å²) < 4.78 is 9.11. The second kappa shape index (κ2) is 11.7. The maximum Gasteiger partial charge on any atom is 0.134 e. The van der Waals surface area contributed by atoms with Crippen LogP contribution < -0.4 is 9.64 Å². The summed E-state index contributed by atoms with van der Waals surface area (Å²) in [5.41, 5.74) is 12.6. The Labute approximate surface area is 331 Å². The Hall–Kier alpha value is -7.65. The molecule has 0 bridgehead atoms. The standard InChI is InChI=1S/C49H26N6OS/c50-27-29-13-18-39-33(23-29)34-25-31(55-41-10-2-4-12-45(41)57-46-24-30(28-51)14-19-42(46)55)16-20-40(34)54(39)32-15-17-36-44(26-32)56-43-11-3-1-7-35(43)49(36)37-8-5-21-52-47(37)48-38(49)9-6-22-53-48/h1-26H. The van der Waals surface area contributed by atoms with E-state index >= 15 is 0 Å². The highest BCUT2D eigenvalue weighted by Crippen LogP contribution is 2.61. The average Bonchev–Trinajstić information content (AvgIpc) is 3.75. The predicted octanol–water partition coefficient (Wildman–Crippen LogP) is 11.7. The number of rotatable bonds is 2. The molecule has 0 fully saturated rings. The minimum Gasteiger partial charge on any atom is -0.457 e. The van der Waals surface area contributed by atoms with E-state index in [4.69, 9.17) is 14.7 Å². The molecule has 2 aliphatic heterocycles. The van der Waals surface area contributed by atoms with Gasteiger partial charge in [-0.1, -0.05) is 60.3 Å². The minimum atomic E-state index is -0.666. The van der Waals surface area contributed by atoms with Gasteiger partial charge in [-0.05, 0) is 102 Å². The van der Waals surface area contributed by atoms with Crippen molar-refractivity contribution in [1.29, 1.82) is 10.5 Å². The molecule has 3 aliphatic rings. The van der Waals surface area contributed by atoms with Crippen molar-refractivity contribution in [3.8, 4) is 40.7 Å². The van der Waals surface area contributed by atoms with Crippen LogP contribution in [0.25, 0.3) is 38.9 Å². The summed E-state index contributed by atoms with van der Waals surface area (Å²) in [6, 6.07) is 54.5. The summed E-state index contributed by atoms with van der Waals surface area (Å²) in [6.45, 7) is 0. The number of hydrogen-bond donors (Lipinski definition) is 0. The third-order valence-electron chi connectivity index (χ3n) is 11.6. The molecule has 0 saturated carbocycles. The molecule has 5 heterocycles. The van der Waals surface area contributed by atoms with Crippen molar-refractivity contribution in [2.45, 2.75) is 15.2 Å². The van der Waals surface area contributed by atoms with Crippen molar-refractivity contribution >= 4 is 50.6 Å². The highest BCUT2D eigenvalue weighted by atomic mass is 32.2. The number of anilines is 3. The Morgan fingerprint density at radius 2 is 1.16 bits per heavy atom. The number of nitrogens with zero attached hydrogens (tertiary/aromatic N) is 6. The lowest BCUT2D eigenvalue weighted by Crippen LogP contribution is -2.32. The second-order valence-corrected chi connectivity index (χ2v) is 15.5. The van der Waals surface area contributed by atoms with E-state index < -0.39 is 5.41 Å². The number of hydrogen-bond acceptors (Lipinski definition) is 7. The maximum absolute atomic E-state index is 10.0. The van der Waals surface area contributed by atoms with Crippen LogP contribution in [0.15, 0.2) is 168 Å². The molecule has 0 saturated heterocycles. The van der Waals surface area contributed by atoms with Crippen LogP contribution in [-0.4, -0.2) is 14.5 Å². The number of pyridine rings is 2. The fourth-order valence-corrected chi connectivity index (χ4v) is 10.4. The van der Waals surface area contributed by atoms with E-state index in [1.54, 1.807) is 11.8 Å². The molecule has 3 aromatic heterocycles. The smallest absolute Gasteiger partial charge is 0.134 e. The van der Waals surface area contributed by atoms with Crippen LogP contribution in [0.3, 0.4) is 0 Å². The van der Waals surface area contributed by atoms with E-state index in [1.165, 1.54) is 0 Å². The summed E-state index contributed by atoms with van der Waals surface area (Å²) in [4.78, 5) is 14.1. The summed E-state index contributed by atoms with van der Waals surface area (Å²) in [7, 11) is 0. The number of aromatic nitrogens is 3. The SMILES string of the molecule is N#Cc1ccc2c(c1)Sc1ccccc1N2c1ccc2c(c1)c1cc(C#N)ccc1n2-c1ccc2c(c1)Oc1ccccc1C21c2cccnc2-c2ncccc21. The van der Waals surface area contributed by atoms with Crippen LogP contribution >= 0.6 is 11.8 Å². The summed E-state index contributed by atoms with van der Waals surface area (Å²) in [5.74, 6) is 1.55. The highest BCUT2D eigenvalue weighted by Gasteiger charge is 2.52. The van der Waals surface area contributed by atoms with Crippen LogP contribution in [0.5, 0.6) is 11.5 Å². The van der Waals surface area contributed by atoms with Crippen molar-refractivity contribution in [1.82, 2.24) is 14.5 Å². The van der Waals surface area contributed by atoms with Crippen molar-refractivity contribution in [3.05, 3.63) is 191 Å². The largest absolute Gasteiger partial charge is 0.457 e. The number of benzene rings is 6. The Kier molecular flexibility index (Phi) is 6.49. The van der Waals surface area contributed by atoms with Gasteiger partial charge in [0, 0.05) is 61.5 Å². The van der Waals surface area contributed by atoms with Crippen molar-refractivity contribution in [2.75, 3.05) is 4.90 Å². The molecular weight excluding hydrogens is 721 g/mol. The van der Waals surface area contributed by atoms with Crippen LogP contribution in [0.1, 0.15) is 33.4 Å². The Bertz CT molecular complexity index is 3270. The summed E-state index contributed by atoms with van der Waals surface area (Å²) in [6.07, 6.45) is 3.67.